The molecule has 0 atom stereocenters. The summed E-state index contributed by atoms with van der Waals surface area (Å²) in [5.41, 5.74) is 0. The Morgan fingerprint density at radius 2 is 2.06 bits per heavy atom. The van der Waals surface area contributed by atoms with Gasteiger partial charge in [-0.05, 0) is 13.8 Å². The molecule has 0 saturated carbocycles. The smallest absolute Gasteiger partial charge is 0.185 e. The first-order chi connectivity index (χ1) is 8.83. The molecular weight excluding hydrogens is 264 g/mol. The minimum absolute atomic E-state index is 0.830. The quantitative estimate of drug-likeness (QED) is 0.848. The molecule has 0 bridgehead atoms. The maximum atomic E-state index is 4.47. The molecule has 4 nitrogen and oxygen atoms in total. The van der Waals surface area contributed by atoms with Crippen LogP contribution in [0.3, 0.4) is 0 Å². The Morgan fingerprint density at radius 1 is 1.22 bits per heavy atom. The Hall–Kier alpha value is -0.980. The molecule has 0 aliphatic rings. The zero-order valence-corrected chi connectivity index (χ0v) is 12.4. The highest BCUT2D eigenvalue weighted by Gasteiger charge is 2.07. The summed E-state index contributed by atoms with van der Waals surface area (Å²) in [5.74, 6) is 0. The maximum absolute atomic E-state index is 4.47. The van der Waals surface area contributed by atoms with Crippen LogP contribution in [-0.2, 0) is 13.1 Å². The largest absolute Gasteiger partial charge is 0.349 e. The highest BCUT2D eigenvalue weighted by atomic mass is 32.1. The van der Waals surface area contributed by atoms with Crippen molar-refractivity contribution < 1.29 is 0 Å². The normalized spacial score (nSPS) is 10.8. The van der Waals surface area contributed by atoms with E-state index in [0.29, 0.717) is 0 Å². The van der Waals surface area contributed by atoms with Crippen LogP contribution in [0.1, 0.15) is 23.7 Å². The molecule has 0 aromatic carbocycles. The van der Waals surface area contributed by atoms with E-state index in [4.69, 9.17) is 0 Å². The average Bonchev–Trinajstić information content (AvgIpc) is 3.03. The van der Waals surface area contributed by atoms with Gasteiger partial charge in [-0.1, -0.05) is 0 Å². The Bertz CT molecular complexity index is 448. The first-order valence-electron chi connectivity index (χ1n) is 6.12. The number of anilines is 1. The van der Waals surface area contributed by atoms with Gasteiger partial charge in [-0.15, -0.1) is 22.7 Å². The Kier molecular flexibility index (Phi) is 5.10. The van der Waals surface area contributed by atoms with E-state index in [2.05, 4.69) is 34.0 Å². The predicted molar refractivity (Wildman–Crippen MR) is 78.3 cm³/mol. The number of rotatable bonds is 7. The number of nitrogens with one attached hydrogen (secondary N) is 1. The Morgan fingerprint density at radius 3 is 2.72 bits per heavy atom. The van der Waals surface area contributed by atoms with Crippen molar-refractivity contribution in [1.82, 2.24) is 15.3 Å². The fourth-order valence-corrected chi connectivity index (χ4v) is 3.24. The fourth-order valence-electron chi connectivity index (χ4n) is 1.65. The van der Waals surface area contributed by atoms with Crippen LogP contribution in [0.15, 0.2) is 17.8 Å². The van der Waals surface area contributed by atoms with E-state index in [1.165, 1.54) is 4.88 Å². The summed E-state index contributed by atoms with van der Waals surface area (Å²) in [6.45, 7) is 8.03. The summed E-state index contributed by atoms with van der Waals surface area (Å²) in [5, 5.41) is 7.64. The molecular formula is C12H18N4S2. The van der Waals surface area contributed by atoms with Crippen molar-refractivity contribution in [2.45, 2.75) is 26.9 Å². The van der Waals surface area contributed by atoms with Crippen molar-refractivity contribution in [3.8, 4) is 0 Å². The number of nitrogens with zero attached hydrogens (tertiary/aromatic N) is 3. The first-order valence-corrected chi connectivity index (χ1v) is 7.81. The highest BCUT2D eigenvalue weighted by Crippen LogP contribution is 2.22. The van der Waals surface area contributed by atoms with Crippen LogP contribution in [0.5, 0.6) is 0 Å². The molecule has 0 aliphatic carbocycles. The van der Waals surface area contributed by atoms with Gasteiger partial charge in [0.1, 0.15) is 5.01 Å². The van der Waals surface area contributed by atoms with Gasteiger partial charge in [0.15, 0.2) is 5.13 Å². The van der Waals surface area contributed by atoms with E-state index in [0.717, 1.165) is 36.3 Å². The summed E-state index contributed by atoms with van der Waals surface area (Å²) in [4.78, 5) is 12.3. The molecule has 0 spiro atoms. The van der Waals surface area contributed by atoms with E-state index in [9.17, 15) is 0 Å². The minimum atomic E-state index is 0.830. The van der Waals surface area contributed by atoms with E-state index in [1.807, 2.05) is 17.8 Å². The van der Waals surface area contributed by atoms with E-state index < -0.39 is 0 Å². The number of thiazole rings is 2. The van der Waals surface area contributed by atoms with Gasteiger partial charge in [0.2, 0.25) is 0 Å². The van der Waals surface area contributed by atoms with Gasteiger partial charge in [-0.25, -0.2) is 9.97 Å². The lowest BCUT2D eigenvalue weighted by Crippen LogP contribution is -2.21. The van der Waals surface area contributed by atoms with Crippen molar-refractivity contribution >= 4 is 27.8 Å². The van der Waals surface area contributed by atoms with Crippen molar-refractivity contribution in [3.63, 3.8) is 0 Å². The number of aromatic nitrogens is 2. The van der Waals surface area contributed by atoms with Crippen molar-refractivity contribution in [1.29, 1.82) is 0 Å². The second-order valence-corrected chi connectivity index (χ2v) is 5.88. The van der Waals surface area contributed by atoms with E-state index in [1.54, 1.807) is 22.7 Å². The predicted octanol–water partition coefficient (Wildman–Crippen LogP) is 2.74. The van der Waals surface area contributed by atoms with E-state index >= 15 is 0 Å². The highest BCUT2D eigenvalue weighted by molar-refractivity contribution is 7.15. The molecule has 0 fully saturated rings. The summed E-state index contributed by atoms with van der Waals surface area (Å²) < 4.78 is 0. The van der Waals surface area contributed by atoms with Gasteiger partial charge in [-0.3, -0.25) is 0 Å². The third kappa shape index (κ3) is 3.51. The summed E-state index contributed by atoms with van der Waals surface area (Å²) >= 11 is 3.44. The molecule has 0 saturated heterocycles. The second-order valence-electron chi connectivity index (χ2n) is 3.81. The van der Waals surface area contributed by atoms with Crippen LogP contribution in [0.25, 0.3) is 0 Å². The van der Waals surface area contributed by atoms with Gasteiger partial charge in [0.25, 0.3) is 0 Å². The molecule has 2 rings (SSSR count). The molecule has 0 amide bonds. The molecule has 0 radical (unpaired) electrons. The molecule has 1 N–H and O–H groups in total. The van der Waals surface area contributed by atoms with Crippen LogP contribution in [-0.4, -0.2) is 23.1 Å². The lowest BCUT2D eigenvalue weighted by Gasteiger charge is -2.16. The van der Waals surface area contributed by atoms with Crippen LogP contribution in [0.2, 0.25) is 0 Å². The first kappa shape index (κ1) is 13.5. The van der Waals surface area contributed by atoms with Gasteiger partial charge >= 0.3 is 0 Å². The van der Waals surface area contributed by atoms with Gasteiger partial charge in [0.05, 0.1) is 0 Å². The molecule has 0 aliphatic heterocycles. The zero-order chi connectivity index (χ0) is 12.8. The molecule has 2 aromatic rings. The number of hydrogen-bond acceptors (Lipinski definition) is 6. The van der Waals surface area contributed by atoms with E-state index in [-0.39, 0.29) is 0 Å². The van der Waals surface area contributed by atoms with Gasteiger partial charge in [0, 0.05) is 48.8 Å². The van der Waals surface area contributed by atoms with Gasteiger partial charge in [-0.2, -0.15) is 0 Å². The molecule has 6 heteroatoms. The third-order valence-electron chi connectivity index (χ3n) is 2.63. The minimum Gasteiger partial charge on any atom is -0.349 e. The monoisotopic (exact) mass is 282 g/mol. The molecule has 2 aromatic heterocycles. The van der Waals surface area contributed by atoms with Crippen LogP contribution >= 0.6 is 22.7 Å². The average molecular weight is 282 g/mol. The topological polar surface area (TPSA) is 41.1 Å². The van der Waals surface area contributed by atoms with Crippen molar-refractivity contribution in [3.05, 3.63) is 27.7 Å². The van der Waals surface area contributed by atoms with Crippen molar-refractivity contribution in [2.24, 2.45) is 0 Å². The summed E-state index contributed by atoms with van der Waals surface area (Å²) in [6, 6.07) is 0. The maximum Gasteiger partial charge on any atom is 0.185 e. The zero-order valence-electron chi connectivity index (χ0n) is 10.7. The second kappa shape index (κ2) is 6.82. The SMILES string of the molecule is CCN(CC)c1ncc(CNCc2nccs2)s1. The van der Waals surface area contributed by atoms with Crippen LogP contribution in [0.4, 0.5) is 5.13 Å². The van der Waals surface area contributed by atoms with Crippen LogP contribution < -0.4 is 10.2 Å². The molecule has 98 valence electrons. The van der Waals surface area contributed by atoms with Crippen molar-refractivity contribution in [2.75, 3.05) is 18.0 Å². The number of hydrogen-bond donors (Lipinski definition) is 1. The standard InChI is InChI=1S/C12H18N4S2/c1-3-16(4-2)12-15-8-10(18-12)7-13-9-11-14-5-6-17-11/h5-6,8,13H,3-4,7,9H2,1-2H3. The Balaban J connectivity index is 1.83. The summed E-state index contributed by atoms with van der Waals surface area (Å²) in [7, 11) is 0. The molecule has 2 heterocycles. The fraction of sp³-hybridized carbons (Fsp3) is 0.500. The lowest BCUT2D eigenvalue weighted by molar-refractivity contribution is 0.696. The lowest BCUT2D eigenvalue weighted by atomic mass is 10.5. The Labute approximate surface area is 116 Å². The third-order valence-corrected chi connectivity index (χ3v) is 4.47. The van der Waals surface area contributed by atoms with Gasteiger partial charge < -0.3 is 10.2 Å². The molecule has 18 heavy (non-hydrogen) atoms. The molecule has 0 unspecified atom stereocenters. The summed E-state index contributed by atoms with van der Waals surface area (Å²) in [6.07, 6.45) is 3.81. The van der Waals surface area contributed by atoms with Crippen LogP contribution in [0, 0.1) is 0 Å².